The van der Waals surface area contributed by atoms with Crippen LogP contribution in [0.2, 0.25) is 5.02 Å². The van der Waals surface area contributed by atoms with Crippen molar-refractivity contribution in [3.63, 3.8) is 0 Å². The van der Waals surface area contributed by atoms with Gasteiger partial charge in [0.15, 0.2) is 0 Å². The van der Waals surface area contributed by atoms with Crippen LogP contribution >= 0.6 is 11.6 Å². The molecule has 0 aliphatic heterocycles. The average molecular weight is 214 g/mol. The topological polar surface area (TPSA) is 29.4 Å². The highest BCUT2D eigenvalue weighted by atomic mass is 35.5. The van der Waals surface area contributed by atoms with E-state index in [2.05, 4.69) is 4.99 Å². The van der Waals surface area contributed by atoms with E-state index >= 15 is 0 Å². The van der Waals surface area contributed by atoms with E-state index in [0.29, 0.717) is 5.56 Å². The second kappa shape index (κ2) is 4.36. The van der Waals surface area contributed by atoms with E-state index in [4.69, 9.17) is 11.6 Å². The van der Waals surface area contributed by atoms with Gasteiger partial charge in [0.2, 0.25) is 6.08 Å². The first-order valence-electron chi connectivity index (χ1n) is 4.05. The lowest BCUT2D eigenvalue weighted by molar-refractivity contribution is 0.562. The molecule has 1 aromatic rings. The second-order valence-electron chi connectivity index (χ2n) is 3.00. The van der Waals surface area contributed by atoms with Crippen molar-refractivity contribution < 1.29 is 9.18 Å². The fourth-order valence-electron chi connectivity index (χ4n) is 1.21. The predicted molar refractivity (Wildman–Crippen MR) is 52.7 cm³/mol. The molecule has 0 bridgehead atoms. The van der Waals surface area contributed by atoms with Gasteiger partial charge in [-0.2, -0.15) is 0 Å². The summed E-state index contributed by atoms with van der Waals surface area (Å²) >= 11 is 5.74. The highest BCUT2D eigenvalue weighted by molar-refractivity contribution is 6.31. The van der Waals surface area contributed by atoms with Gasteiger partial charge in [0, 0.05) is 0 Å². The number of isocyanates is 1. The van der Waals surface area contributed by atoms with E-state index in [9.17, 15) is 9.18 Å². The van der Waals surface area contributed by atoms with Gasteiger partial charge in [0.05, 0.1) is 11.6 Å². The van der Waals surface area contributed by atoms with Crippen molar-refractivity contribution in [1.29, 1.82) is 0 Å². The Hall–Kier alpha value is -1.18. The Morgan fingerprint density at radius 1 is 1.57 bits per heavy atom. The Balaban J connectivity index is 3.31. The van der Waals surface area contributed by atoms with Gasteiger partial charge in [-0.1, -0.05) is 11.6 Å². The lowest BCUT2D eigenvalue weighted by atomic mass is 10.0. The van der Waals surface area contributed by atoms with E-state index in [1.54, 1.807) is 6.92 Å². The number of rotatable bonds is 2. The molecule has 0 fully saturated rings. The Morgan fingerprint density at radius 3 is 2.79 bits per heavy atom. The first kappa shape index (κ1) is 10.9. The number of halogens is 2. The normalized spacial score (nSPS) is 9.71. The Morgan fingerprint density at radius 2 is 2.21 bits per heavy atom. The number of aliphatic imine (C=N–C) groups is 1. The summed E-state index contributed by atoms with van der Waals surface area (Å²) in [5.41, 5.74) is 2.20. The molecule has 4 heteroatoms. The van der Waals surface area contributed by atoms with Crippen LogP contribution in [0.25, 0.3) is 0 Å². The fraction of sp³-hybridized carbons (Fsp3) is 0.300. The summed E-state index contributed by atoms with van der Waals surface area (Å²) in [4.78, 5) is 13.3. The third-order valence-corrected chi connectivity index (χ3v) is 2.57. The molecule has 0 unspecified atom stereocenters. The highest BCUT2D eigenvalue weighted by Gasteiger charge is 2.11. The van der Waals surface area contributed by atoms with Gasteiger partial charge in [-0.05, 0) is 36.6 Å². The van der Waals surface area contributed by atoms with Crippen LogP contribution in [0.15, 0.2) is 11.1 Å². The van der Waals surface area contributed by atoms with E-state index in [0.717, 1.165) is 11.1 Å². The van der Waals surface area contributed by atoms with Gasteiger partial charge in [-0.3, -0.25) is 0 Å². The zero-order valence-corrected chi connectivity index (χ0v) is 8.65. The maximum Gasteiger partial charge on any atom is 0.235 e. The van der Waals surface area contributed by atoms with Crippen molar-refractivity contribution in [3.8, 4) is 0 Å². The van der Waals surface area contributed by atoms with E-state index in [1.165, 1.54) is 12.1 Å². The first-order chi connectivity index (χ1) is 6.57. The smallest absolute Gasteiger partial charge is 0.211 e. The molecule has 0 heterocycles. The average Bonchev–Trinajstić information content (AvgIpc) is 2.15. The van der Waals surface area contributed by atoms with Crippen LogP contribution in [0, 0.1) is 19.7 Å². The zero-order chi connectivity index (χ0) is 10.7. The van der Waals surface area contributed by atoms with Crippen LogP contribution < -0.4 is 0 Å². The summed E-state index contributed by atoms with van der Waals surface area (Å²) in [5.74, 6) is -0.481. The third-order valence-electron chi connectivity index (χ3n) is 2.16. The molecule has 1 rings (SSSR count). The van der Waals surface area contributed by atoms with Gasteiger partial charge < -0.3 is 0 Å². The van der Waals surface area contributed by atoms with Crippen molar-refractivity contribution in [2.75, 3.05) is 0 Å². The Bertz CT molecular complexity index is 385. The van der Waals surface area contributed by atoms with Gasteiger partial charge >= 0.3 is 0 Å². The molecule has 0 aliphatic rings. The molecule has 1 aromatic carbocycles. The van der Waals surface area contributed by atoms with Crippen LogP contribution in [0.4, 0.5) is 4.39 Å². The molecular weight excluding hydrogens is 205 g/mol. The van der Waals surface area contributed by atoms with E-state index in [-0.39, 0.29) is 11.6 Å². The van der Waals surface area contributed by atoms with Gasteiger partial charge in [0.1, 0.15) is 5.82 Å². The summed E-state index contributed by atoms with van der Waals surface area (Å²) in [6, 6.07) is 1.37. The Kier molecular flexibility index (Phi) is 3.39. The van der Waals surface area contributed by atoms with Crippen molar-refractivity contribution in [2.45, 2.75) is 20.4 Å². The van der Waals surface area contributed by atoms with E-state index < -0.39 is 5.82 Å². The van der Waals surface area contributed by atoms with Crippen LogP contribution in [-0.4, -0.2) is 6.08 Å². The first-order valence-corrected chi connectivity index (χ1v) is 4.43. The van der Waals surface area contributed by atoms with Crippen LogP contribution in [0.1, 0.15) is 16.7 Å². The van der Waals surface area contributed by atoms with E-state index in [1.807, 2.05) is 6.92 Å². The molecule has 2 nitrogen and oxygen atoms in total. The predicted octanol–water partition coefficient (Wildman–Crippen LogP) is 2.93. The molecule has 0 N–H and O–H groups in total. The third kappa shape index (κ3) is 2.00. The standard InChI is InChI=1S/C10H9ClFNO/c1-6-3-9(12)10(11)8(7(6)2)4-13-5-14/h3H,4H2,1-2H3. The minimum atomic E-state index is -0.481. The summed E-state index contributed by atoms with van der Waals surface area (Å²) in [6.45, 7) is 3.67. The minimum Gasteiger partial charge on any atom is -0.211 e. The van der Waals surface area contributed by atoms with Crippen molar-refractivity contribution >= 4 is 17.7 Å². The highest BCUT2D eigenvalue weighted by Crippen LogP contribution is 2.26. The van der Waals surface area contributed by atoms with Gasteiger partial charge in [-0.25, -0.2) is 14.2 Å². The maximum absolute atomic E-state index is 13.2. The summed E-state index contributed by atoms with van der Waals surface area (Å²) < 4.78 is 13.2. The van der Waals surface area contributed by atoms with Crippen LogP contribution in [0.3, 0.4) is 0 Å². The molecule has 0 saturated carbocycles. The van der Waals surface area contributed by atoms with Gasteiger partial charge in [-0.15, -0.1) is 0 Å². The lowest BCUT2D eigenvalue weighted by Gasteiger charge is -2.09. The SMILES string of the molecule is Cc1cc(F)c(Cl)c(CN=C=O)c1C. The molecule has 0 saturated heterocycles. The number of carbonyl (C=O) groups excluding carboxylic acids is 1. The minimum absolute atomic E-state index is 0.0344. The number of aryl methyl sites for hydroxylation is 1. The fourth-order valence-corrected chi connectivity index (χ4v) is 1.46. The van der Waals surface area contributed by atoms with Crippen molar-refractivity contribution in [1.82, 2.24) is 0 Å². The van der Waals surface area contributed by atoms with Crippen LogP contribution in [0.5, 0.6) is 0 Å². The quantitative estimate of drug-likeness (QED) is 0.549. The van der Waals surface area contributed by atoms with Crippen molar-refractivity contribution in [2.24, 2.45) is 4.99 Å². The van der Waals surface area contributed by atoms with Crippen LogP contribution in [-0.2, 0) is 11.3 Å². The zero-order valence-electron chi connectivity index (χ0n) is 7.90. The maximum atomic E-state index is 13.2. The molecule has 74 valence electrons. The molecule has 0 spiro atoms. The summed E-state index contributed by atoms with van der Waals surface area (Å²) in [7, 11) is 0. The molecule has 14 heavy (non-hydrogen) atoms. The molecule has 0 amide bonds. The molecule has 0 aromatic heterocycles. The molecular formula is C10H9ClFNO. The lowest BCUT2D eigenvalue weighted by Crippen LogP contribution is -1.95. The Labute approximate surface area is 86.4 Å². The van der Waals surface area contributed by atoms with Gasteiger partial charge in [0.25, 0.3) is 0 Å². The second-order valence-corrected chi connectivity index (χ2v) is 3.38. The molecule has 0 atom stereocenters. The number of hydrogen-bond donors (Lipinski definition) is 0. The molecule has 0 radical (unpaired) electrons. The summed E-state index contributed by atoms with van der Waals surface area (Å²) in [6.07, 6.45) is 1.40. The molecule has 0 aliphatic carbocycles. The van der Waals surface area contributed by atoms with Crippen molar-refractivity contribution in [3.05, 3.63) is 33.6 Å². The number of nitrogens with zero attached hydrogens (tertiary/aromatic N) is 1. The number of hydrogen-bond acceptors (Lipinski definition) is 2. The monoisotopic (exact) mass is 213 g/mol. The largest absolute Gasteiger partial charge is 0.235 e. The summed E-state index contributed by atoms with van der Waals surface area (Å²) in [5, 5.41) is 0.0344. The number of benzene rings is 1.